The first-order valence-corrected chi connectivity index (χ1v) is 12.8. The van der Waals surface area contributed by atoms with Crippen molar-refractivity contribution in [3.8, 4) is 0 Å². The first-order chi connectivity index (χ1) is 14.4. The summed E-state index contributed by atoms with van der Waals surface area (Å²) >= 11 is 0. The quantitative estimate of drug-likeness (QED) is 0.725. The van der Waals surface area contributed by atoms with Crippen molar-refractivity contribution in [1.29, 1.82) is 0 Å². The fourth-order valence-corrected chi connectivity index (χ4v) is 5.28. The lowest BCUT2D eigenvalue weighted by molar-refractivity contribution is -0.131. The van der Waals surface area contributed by atoms with Crippen LogP contribution in [0.5, 0.6) is 0 Å². The van der Waals surface area contributed by atoms with Gasteiger partial charge in [-0.1, -0.05) is 32.1 Å². The lowest BCUT2D eigenvalue weighted by Crippen LogP contribution is -2.49. The van der Waals surface area contributed by atoms with Gasteiger partial charge in [-0.05, 0) is 30.5 Å². The van der Waals surface area contributed by atoms with Crippen LogP contribution in [0.2, 0.25) is 0 Å². The standard InChI is InChI=1S/C22H30N4O3S/c1-30(28,29)18-8-9-20-19(15-18)22(24-16-23-20)26-13-11-25(12-14-26)21(27)10-7-17-5-3-2-4-6-17/h8-9,15-17H,2-7,10-14H2,1H3. The van der Waals surface area contributed by atoms with Crippen molar-refractivity contribution in [3.05, 3.63) is 24.5 Å². The minimum Gasteiger partial charge on any atom is -0.352 e. The molecular weight excluding hydrogens is 400 g/mol. The smallest absolute Gasteiger partial charge is 0.222 e. The first kappa shape index (κ1) is 21.0. The summed E-state index contributed by atoms with van der Waals surface area (Å²) in [5.41, 5.74) is 0.721. The molecule has 1 aromatic heterocycles. The number of amides is 1. The number of rotatable bonds is 5. The molecular formula is C22H30N4O3S. The van der Waals surface area contributed by atoms with Crippen molar-refractivity contribution in [2.75, 3.05) is 37.3 Å². The summed E-state index contributed by atoms with van der Waals surface area (Å²) in [6.07, 6.45) is 10.9. The van der Waals surface area contributed by atoms with Crippen LogP contribution in [0.3, 0.4) is 0 Å². The highest BCUT2D eigenvalue weighted by atomic mass is 32.2. The molecule has 0 atom stereocenters. The van der Waals surface area contributed by atoms with Crippen LogP contribution in [-0.4, -0.2) is 61.6 Å². The van der Waals surface area contributed by atoms with Crippen LogP contribution >= 0.6 is 0 Å². The van der Waals surface area contributed by atoms with Crippen LogP contribution < -0.4 is 4.90 Å². The molecule has 4 rings (SSSR count). The van der Waals surface area contributed by atoms with E-state index >= 15 is 0 Å². The van der Waals surface area contributed by atoms with Gasteiger partial charge in [0.25, 0.3) is 0 Å². The summed E-state index contributed by atoms with van der Waals surface area (Å²) in [6.45, 7) is 2.70. The number of hydrogen-bond acceptors (Lipinski definition) is 6. The number of fused-ring (bicyclic) bond motifs is 1. The fraction of sp³-hybridized carbons (Fsp3) is 0.591. The Morgan fingerprint density at radius 1 is 1.07 bits per heavy atom. The average molecular weight is 431 g/mol. The molecule has 0 bridgehead atoms. The predicted molar refractivity (Wildman–Crippen MR) is 117 cm³/mol. The summed E-state index contributed by atoms with van der Waals surface area (Å²) < 4.78 is 23.9. The third kappa shape index (κ3) is 4.74. The van der Waals surface area contributed by atoms with Gasteiger partial charge >= 0.3 is 0 Å². The van der Waals surface area contributed by atoms with E-state index in [0.29, 0.717) is 32.6 Å². The maximum atomic E-state index is 12.7. The number of anilines is 1. The van der Waals surface area contributed by atoms with Gasteiger partial charge in [0, 0.05) is 44.2 Å². The molecule has 30 heavy (non-hydrogen) atoms. The molecule has 2 heterocycles. The zero-order valence-corrected chi connectivity index (χ0v) is 18.4. The SMILES string of the molecule is CS(=O)(=O)c1ccc2ncnc(N3CCN(C(=O)CCC4CCCCC4)CC3)c2c1. The molecule has 7 nitrogen and oxygen atoms in total. The molecule has 8 heteroatoms. The summed E-state index contributed by atoms with van der Waals surface area (Å²) in [4.78, 5) is 25.7. The van der Waals surface area contributed by atoms with Gasteiger partial charge in [-0.25, -0.2) is 18.4 Å². The monoisotopic (exact) mass is 430 g/mol. The third-order valence-electron chi connectivity index (χ3n) is 6.44. The van der Waals surface area contributed by atoms with E-state index in [0.717, 1.165) is 29.1 Å². The Morgan fingerprint density at radius 2 is 1.80 bits per heavy atom. The Kier molecular flexibility index (Phi) is 6.22. The maximum Gasteiger partial charge on any atom is 0.222 e. The van der Waals surface area contributed by atoms with Crippen LogP contribution in [0.25, 0.3) is 10.9 Å². The zero-order chi connectivity index (χ0) is 21.1. The van der Waals surface area contributed by atoms with E-state index in [1.165, 1.54) is 44.7 Å². The van der Waals surface area contributed by atoms with Crippen molar-refractivity contribution in [2.24, 2.45) is 5.92 Å². The molecule has 0 unspecified atom stereocenters. The second-order valence-corrected chi connectivity index (χ2v) is 10.6. The molecule has 1 saturated carbocycles. The molecule has 0 spiro atoms. The molecule has 1 saturated heterocycles. The van der Waals surface area contributed by atoms with Gasteiger partial charge in [-0.15, -0.1) is 0 Å². The van der Waals surface area contributed by atoms with Gasteiger partial charge in [0.05, 0.1) is 10.4 Å². The largest absolute Gasteiger partial charge is 0.352 e. The molecule has 162 valence electrons. The van der Waals surface area contributed by atoms with E-state index in [4.69, 9.17) is 0 Å². The van der Waals surface area contributed by atoms with Crippen LogP contribution in [0.4, 0.5) is 5.82 Å². The Balaban J connectivity index is 1.41. The van der Waals surface area contributed by atoms with Crippen LogP contribution in [0.1, 0.15) is 44.9 Å². The molecule has 1 aromatic carbocycles. The minimum absolute atomic E-state index is 0.257. The van der Waals surface area contributed by atoms with Gasteiger partial charge in [0.15, 0.2) is 9.84 Å². The fourth-order valence-electron chi connectivity index (χ4n) is 4.63. The van der Waals surface area contributed by atoms with Gasteiger partial charge < -0.3 is 9.80 Å². The summed E-state index contributed by atoms with van der Waals surface area (Å²) in [7, 11) is -3.30. The van der Waals surface area contributed by atoms with E-state index in [9.17, 15) is 13.2 Å². The molecule has 0 radical (unpaired) electrons. The summed E-state index contributed by atoms with van der Waals surface area (Å²) in [5, 5.41) is 0.734. The van der Waals surface area contributed by atoms with Crippen LogP contribution in [-0.2, 0) is 14.6 Å². The summed E-state index contributed by atoms with van der Waals surface area (Å²) in [6, 6.07) is 4.96. The number of aromatic nitrogens is 2. The number of hydrogen-bond donors (Lipinski definition) is 0. The van der Waals surface area contributed by atoms with Crippen molar-refractivity contribution in [1.82, 2.24) is 14.9 Å². The van der Waals surface area contributed by atoms with Crippen molar-refractivity contribution < 1.29 is 13.2 Å². The molecule has 2 aromatic rings. The third-order valence-corrected chi connectivity index (χ3v) is 7.55. The number of carbonyl (C=O) groups excluding carboxylic acids is 1. The average Bonchev–Trinajstić information content (AvgIpc) is 2.77. The van der Waals surface area contributed by atoms with Crippen molar-refractivity contribution in [3.63, 3.8) is 0 Å². The van der Waals surface area contributed by atoms with E-state index < -0.39 is 9.84 Å². The lowest BCUT2D eigenvalue weighted by Gasteiger charge is -2.36. The highest BCUT2D eigenvalue weighted by molar-refractivity contribution is 7.90. The van der Waals surface area contributed by atoms with E-state index in [1.807, 2.05) is 4.90 Å². The molecule has 1 amide bonds. The van der Waals surface area contributed by atoms with Gasteiger partial charge in [0.1, 0.15) is 12.1 Å². The van der Waals surface area contributed by atoms with E-state index in [-0.39, 0.29) is 10.8 Å². The molecule has 1 aliphatic heterocycles. The molecule has 2 aliphatic rings. The second kappa shape index (κ2) is 8.88. The van der Waals surface area contributed by atoms with Gasteiger partial charge in [-0.3, -0.25) is 4.79 Å². The summed E-state index contributed by atoms with van der Waals surface area (Å²) in [5.74, 6) is 1.72. The van der Waals surface area contributed by atoms with Gasteiger partial charge in [-0.2, -0.15) is 0 Å². The van der Waals surface area contributed by atoms with Gasteiger partial charge in [0.2, 0.25) is 5.91 Å². The highest BCUT2D eigenvalue weighted by Crippen LogP contribution is 2.29. The minimum atomic E-state index is -3.30. The number of nitrogens with zero attached hydrogens (tertiary/aromatic N) is 4. The van der Waals surface area contributed by atoms with Crippen LogP contribution in [0, 0.1) is 5.92 Å². The number of sulfone groups is 1. The highest BCUT2D eigenvalue weighted by Gasteiger charge is 2.24. The molecule has 0 N–H and O–H groups in total. The Labute approximate surface area is 178 Å². The maximum absolute atomic E-state index is 12.7. The van der Waals surface area contributed by atoms with Crippen molar-refractivity contribution in [2.45, 2.75) is 49.8 Å². The predicted octanol–water partition coefficient (Wildman–Crippen LogP) is 3.04. The zero-order valence-electron chi connectivity index (χ0n) is 17.6. The number of piperazine rings is 1. The topological polar surface area (TPSA) is 83.5 Å². The molecule has 1 aliphatic carbocycles. The number of carbonyl (C=O) groups is 1. The molecule has 2 fully saturated rings. The Morgan fingerprint density at radius 3 is 2.50 bits per heavy atom. The lowest BCUT2D eigenvalue weighted by atomic mass is 9.86. The second-order valence-electron chi connectivity index (χ2n) is 8.56. The Bertz CT molecular complexity index is 1010. The van der Waals surface area contributed by atoms with Crippen LogP contribution in [0.15, 0.2) is 29.4 Å². The first-order valence-electron chi connectivity index (χ1n) is 10.9. The Hall–Kier alpha value is -2.22. The van der Waals surface area contributed by atoms with E-state index in [1.54, 1.807) is 18.2 Å². The number of benzene rings is 1. The van der Waals surface area contributed by atoms with E-state index in [2.05, 4.69) is 14.9 Å². The van der Waals surface area contributed by atoms with Crippen molar-refractivity contribution >= 4 is 32.5 Å². The normalized spacial score (nSPS) is 18.7.